The maximum absolute atomic E-state index is 12.3. The smallest absolute Gasteiger partial charge is 0.298 e. The molecule has 0 saturated carbocycles. The molecule has 0 N–H and O–H groups in total. The van der Waals surface area contributed by atoms with E-state index in [1.165, 1.54) is 12.1 Å². The Morgan fingerprint density at radius 3 is 2.39 bits per heavy atom. The van der Waals surface area contributed by atoms with Gasteiger partial charge in [0.15, 0.2) is 5.78 Å². The number of aryl methyl sites for hydroxylation is 1. The molecule has 1 aromatic carbocycles. The monoisotopic (exact) mass is 296 g/mol. The van der Waals surface area contributed by atoms with Crippen LogP contribution < -0.4 is 0 Å². The molecule has 0 spiro atoms. The van der Waals surface area contributed by atoms with E-state index in [9.17, 15) is 18.0 Å². The normalized spacial score (nSPS) is 11.6. The van der Waals surface area contributed by atoms with Crippen LogP contribution in [0.5, 0.6) is 0 Å². The molecule has 0 fully saturated rings. The number of Topliss-reactive ketones (excluding diaryl/α,β-unsaturated/α-hetero) is 1. The molecule has 0 aliphatic carbocycles. The van der Waals surface area contributed by atoms with Gasteiger partial charge in [0.05, 0.1) is 5.88 Å². The number of ketones is 1. The molecule has 0 aromatic heterocycles. The first kappa shape index (κ1) is 15.4. The number of halogens is 4. The fraction of sp³-hybridized carbons (Fsp3) is 0.417. The van der Waals surface area contributed by atoms with E-state index in [-0.39, 0.29) is 34.7 Å². The average molecular weight is 297 g/mol. The summed E-state index contributed by atoms with van der Waals surface area (Å²) in [7, 11) is 0. The van der Waals surface area contributed by atoms with Gasteiger partial charge in [-0.05, 0) is 41.4 Å². The largest absolute Gasteiger partial charge is 0.446 e. The van der Waals surface area contributed by atoms with Crippen molar-refractivity contribution < 1.29 is 18.0 Å². The van der Waals surface area contributed by atoms with E-state index in [1.54, 1.807) is 6.07 Å². The number of thioether (sulfide) groups is 1. The maximum Gasteiger partial charge on any atom is 0.446 e. The van der Waals surface area contributed by atoms with Crippen LogP contribution in [0.4, 0.5) is 13.2 Å². The second-order valence-electron chi connectivity index (χ2n) is 3.74. The van der Waals surface area contributed by atoms with E-state index in [2.05, 4.69) is 0 Å². The molecule has 1 rings (SSSR count). The number of alkyl halides is 4. The highest BCUT2D eigenvalue weighted by Gasteiger charge is 2.29. The molecule has 0 aliphatic rings. The van der Waals surface area contributed by atoms with E-state index in [4.69, 9.17) is 11.6 Å². The molecular weight excluding hydrogens is 285 g/mol. The van der Waals surface area contributed by atoms with Crippen molar-refractivity contribution in [1.82, 2.24) is 0 Å². The van der Waals surface area contributed by atoms with Crippen molar-refractivity contribution >= 4 is 29.1 Å². The first-order chi connectivity index (χ1) is 8.34. The molecule has 100 valence electrons. The van der Waals surface area contributed by atoms with Gasteiger partial charge in [0.1, 0.15) is 0 Å². The van der Waals surface area contributed by atoms with Gasteiger partial charge in [-0.3, -0.25) is 4.79 Å². The van der Waals surface area contributed by atoms with Gasteiger partial charge in [0.25, 0.3) is 0 Å². The lowest BCUT2D eigenvalue weighted by Crippen LogP contribution is -2.05. The average Bonchev–Trinajstić information content (AvgIpc) is 2.26. The van der Waals surface area contributed by atoms with E-state index in [1.807, 2.05) is 6.92 Å². The molecule has 0 saturated heterocycles. The van der Waals surface area contributed by atoms with Crippen molar-refractivity contribution in [3.05, 3.63) is 29.3 Å². The summed E-state index contributed by atoms with van der Waals surface area (Å²) in [6.07, 6.45) is 0.692. The molecule has 0 atom stereocenters. The Morgan fingerprint density at radius 1 is 1.28 bits per heavy atom. The molecule has 1 aromatic rings. The van der Waals surface area contributed by atoms with Crippen LogP contribution in [0.3, 0.4) is 0 Å². The Bertz CT molecular complexity index is 432. The van der Waals surface area contributed by atoms with Crippen LogP contribution in [-0.2, 0) is 17.6 Å². The van der Waals surface area contributed by atoms with Gasteiger partial charge in [-0.1, -0.05) is 13.0 Å². The first-order valence-electron chi connectivity index (χ1n) is 5.30. The van der Waals surface area contributed by atoms with Gasteiger partial charge in [-0.2, -0.15) is 13.2 Å². The highest BCUT2D eigenvalue weighted by atomic mass is 35.5. The highest BCUT2D eigenvalue weighted by Crippen LogP contribution is 2.37. The molecule has 0 bridgehead atoms. The topological polar surface area (TPSA) is 17.1 Å². The minimum Gasteiger partial charge on any atom is -0.298 e. The Hall–Kier alpha value is -0.680. The Kier molecular flexibility index (Phi) is 5.53. The predicted octanol–water partition coefficient (Wildman–Crippen LogP) is 4.21. The summed E-state index contributed by atoms with van der Waals surface area (Å²) in [6.45, 7) is 1.85. The van der Waals surface area contributed by atoms with Gasteiger partial charge in [-0.25, -0.2) is 0 Å². The molecule has 6 heteroatoms. The molecule has 0 aliphatic heterocycles. The van der Waals surface area contributed by atoms with Crippen LogP contribution in [-0.4, -0.2) is 17.2 Å². The SMILES string of the molecule is CCc1cc(CC(=O)CCl)cc(SC(F)(F)F)c1. The first-order valence-corrected chi connectivity index (χ1v) is 6.65. The van der Waals surface area contributed by atoms with Gasteiger partial charge in [0, 0.05) is 11.3 Å². The quantitative estimate of drug-likeness (QED) is 0.598. The minimum atomic E-state index is -4.32. The highest BCUT2D eigenvalue weighted by molar-refractivity contribution is 8.00. The summed E-state index contributed by atoms with van der Waals surface area (Å²) in [6, 6.07) is 4.62. The fourth-order valence-corrected chi connectivity index (χ4v) is 2.28. The molecular formula is C12H12ClF3OS. The number of rotatable bonds is 5. The number of benzene rings is 1. The molecule has 0 radical (unpaired) electrons. The minimum absolute atomic E-state index is 0.0722. The zero-order valence-corrected chi connectivity index (χ0v) is 11.3. The third-order valence-corrected chi connectivity index (χ3v) is 3.22. The number of hydrogen-bond donors (Lipinski definition) is 0. The molecule has 0 heterocycles. The van der Waals surface area contributed by atoms with E-state index >= 15 is 0 Å². The van der Waals surface area contributed by atoms with Crippen molar-refractivity contribution in [2.24, 2.45) is 0 Å². The van der Waals surface area contributed by atoms with Crippen LogP contribution in [0, 0.1) is 0 Å². The molecule has 0 unspecified atom stereocenters. The summed E-state index contributed by atoms with van der Waals surface area (Å²) < 4.78 is 36.9. The lowest BCUT2D eigenvalue weighted by Gasteiger charge is -2.09. The van der Waals surface area contributed by atoms with Crippen molar-refractivity contribution in [2.75, 3.05) is 5.88 Å². The van der Waals surface area contributed by atoms with Crippen LogP contribution in [0.1, 0.15) is 18.1 Å². The Morgan fingerprint density at radius 2 is 1.89 bits per heavy atom. The Balaban J connectivity index is 2.98. The summed E-state index contributed by atoms with van der Waals surface area (Å²) in [5.74, 6) is -0.328. The molecule has 1 nitrogen and oxygen atoms in total. The van der Waals surface area contributed by atoms with Crippen molar-refractivity contribution in [3.63, 3.8) is 0 Å². The summed E-state index contributed by atoms with van der Waals surface area (Å²) >= 11 is 5.22. The molecule has 0 amide bonds. The summed E-state index contributed by atoms with van der Waals surface area (Å²) in [5, 5.41) is 0. The third-order valence-electron chi connectivity index (χ3n) is 2.22. The van der Waals surface area contributed by atoms with Gasteiger partial charge in [0.2, 0.25) is 0 Å². The fourth-order valence-electron chi connectivity index (χ4n) is 1.50. The van der Waals surface area contributed by atoms with E-state index in [0.29, 0.717) is 12.0 Å². The lowest BCUT2D eigenvalue weighted by molar-refractivity contribution is -0.116. The zero-order valence-electron chi connectivity index (χ0n) is 9.68. The second kappa shape index (κ2) is 6.48. The van der Waals surface area contributed by atoms with E-state index < -0.39 is 5.51 Å². The van der Waals surface area contributed by atoms with Gasteiger partial charge < -0.3 is 0 Å². The zero-order chi connectivity index (χ0) is 13.8. The van der Waals surface area contributed by atoms with Crippen molar-refractivity contribution in [3.8, 4) is 0 Å². The predicted molar refractivity (Wildman–Crippen MR) is 67.2 cm³/mol. The molecule has 18 heavy (non-hydrogen) atoms. The standard InChI is InChI=1S/C12H12ClF3OS/c1-2-8-3-9(4-10(17)7-13)6-11(5-8)18-12(14,15)16/h3,5-6H,2,4,7H2,1H3. The van der Waals surface area contributed by atoms with Crippen LogP contribution >= 0.6 is 23.4 Å². The van der Waals surface area contributed by atoms with Crippen molar-refractivity contribution in [1.29, 1.82) is 0 Å². The lowest BCUT2D eigenvalue weighted by atomic mass is 10.0. The third kappa shape index (κ3) is 5.31. The number of hydrogen-bond acceptors (Lipinski definition) is 2. The summed E-state index contributed by atoms with van der Waals surface area (Å²) in [5.41, 5.74) is -2.96. The number of carbonyl (C=O) groups is 1. The van der Waals surface area contributed by atoms with Gasteiger partial charge >= 0.3 is 5.51 Å². The second-order valence-corrected chi connectivity index (χ2v) is 5.14. The maximum atomic E-state index is 12.3. The van der Waals surface area contributed by atoms with Crippen LogP contribution in [0.25, 0.3) is 0 Å². The number of carbonyl (C=O) groups excluding carboxylic acids is 1. The Labute approximate surface area is 113 Å². The van der Waals surface area contributed by atoms with Gasteiger partial charge in [-0.15, -0.1) is 11.6 Å². The van der Waals surface area contributed by atoms with Crippen molar-refractivity contribution in [2.45, 2.75) is 30.2 Å². The van der Waals surface area contributed by atoms with Crippen LogP contribution in [0.2, 0.25) is 0 Å². The van der Waals surface area contributed by atoms with E-state index in [0.717, 1.165) is 5.56 Å². The van der Waals surface area contributed by atoms with Crippen LogP contribution in [0.15, 0.2) is 23.1 Å². The summed E-state index contributed by atoms with van der Waals surface area (Å²) in [4.78, 5) is 11.3.